The van der Waals surface area contributed by atoms with Gasteiger partial charge in [-0.25, -0.2) is 0 Å². The predicted octanol–water partition coefficient (Wildman–Crippen LogP) is 3.18. The largest absolute Gasteiger partial charge is 0.493 e. The summed E-state index contributed by atoms with van der Waals surface area (Å²) < 4.78 is 10.6. The Hall–Kier alpha value is -1.40. The van der Waals surface area contributed by atoms with E-state index in [9.17, 15) is 4.79 Å². The van der Waals surface area contributed by atoms with Gasteiger partial charge in [0.25, 0.3) is 0 Å². The Morgan fingerprint density at radius 2 is 1.92 bits per heavy atom. The van der Waals surface area contributed by atoms with Crippen LogP contribution in [0.2, 0.25) is 0 Å². The van der Waals surface area contributed by atoms with E-state index in [1.165, 1.54) is 44.1 Å². The second-order valence-corrected chi connectivity index (χ2v) is 7.74. The van der Waals surface area contributed by atoms with Gasteiger partial charge >= 0.3 is 0 Å². The molecule has 1 atom stereocenters. The van der Waals surface area contributed by atoms with Crippen LogP contribution < -0.4 is 14.8 Å². The summed E-state index contributed by atoms with van der Waals surface area (Å²) in [4.78, 5) is 15.8. The molecule has 1 aliphatic heterocycles. The molecule has 0 bridgehead atoms. The zero-order valence-corrected chi connectivity index (χ0v) is 16.4. The molecule has 6 heteroatoms. The predicted molar refractivity (Wildman–Crippen MR) is 103 cm³/mol. The van der Waals surface area contributed by atoms with Crippen molar-refractivity contribution in [3.05, 3.63) is 18.2 Å². The topological polar surface area (TPSA) is 50.8 Å². The van der Waals surface area contributed by atoms with Crippen LogP contribution >= 0.6 is 11.8 Å². The number of thioether (sulfide) groups is 1. The van der Waals surface area contributed by atoms with E-state index in [0.717, 1.165) is 24.4 Å². The Labute approximate surface area is 155 Å². The van der Waals surface area contributed by atoms with E-state index < -0.39 is 0 Å². The molecule has 0 aromatic heterocycles. The molecule has 2 rings (SSSR count). The minimum atomic E-state index is -0.145. The molecule has 0 radical (unpaired) electrons. The molecule has 1 aromatic carbocycles. The fourth-order valence-electron chi connectivity index (χ4n) is 2.99. The standard InChI is InChI=1S/C19H30N2O3S/c1-15(25-16-8-9-17(23-2)18(14-16)24-3)19(22)20-10-7-13-21-11-5-4-6-12-21/h8-9,14-15H,4-7,10-13H2,1-3H3,(H,20,22)/t15-/m1/s1. The van der Waals surface area contributed by atoms with Crippen LogP contribution in [0.1, 0.15) is 32.6 Å². The maximum absolute atomic E-state index is 12.3. The normalized spacial score (nSPS) is 16.3. The molecular weight excluding hydrogens is 336 g/mol. The Balaban J connectivity index is 1.72. The van der Waals surface area contributed by atoms with Crippen molar-refractivity contribution in [3.63, 3.8) is 0 Å². The molecule has 25 heavy (non-hydrogen) atoms. The van der Waals surface area contributed by atoms with E-state index in [2.05, 4.69) is 10.2 Å². The van der Waals surface area contributed by atoms with Gasteiger partial charge in [0.05, 0.1) is 19.5 Å². The lowest BCUT2D eigenvalue weighted by Gasteiger charge is -2.26. The van der Waals surface area contributed by atoms with Crippen molar-refractivity contribution in [2.24, 2.45) is 0 Å². The highest BCUT2D eigenvalue weighted by Crippen LogP contribution is 2.33. The van der Waals surface area contributed by atoms with Gasteiger partial charge in [-0.15, -0.1) is 11.8 Å². The number of piperidine rings is 1. The van der Waals surface area contributed by atoms with Crippen LogP contribution in [0, 0.1) is 0 Å². The van der Waals surface area contributed by atoms with Crippen molar-refractivity contribution in [1.29, 1.82) is 0 Å². The second-order valence-electron chi connectivity index (χ2n) is 6.32. The summed E-state index contributed by atoms with van der Waals surface area (Å²) >= 11 is 1.53. The van der Waals surface area contributed by atoms with Crippen molar-refractivity contribution in [3.8, 4) is 11.5 Å². The molecule has 1 fully saturated rings. The third-order valence-corrected chi connectivity index (χ3v) is 5.53. The van der Waals surface area contributed by atoms with Crippen molar-refractivity contribution in [2.75, 3.05) is 40.4 Å². The SMILES string of the molecule is COc1ccc(S[C@H](C)C(=O)NCCCN2CCCCC2)cc1OC. The van der Waals surface area contributed by atoms with Gasteiger partial charge in [-0.05, 0) is 64.0 Å². The number of likely N-dealkylation sites (tertiary alicyclic amines) is 1. The fraction of sp³-hybridized carbons (Fsp3) is 0.632. The van der Waals surface area contributed by atoms with Crippen LogP contribution in [-0.4, -0.2) is 56.5 Å². The van der Waals surface area contributed by atoms with Gasteiger partial charge in [-0.3, -0.25) is 4.79 Å². The number of ether oxygens (including phenoxy) is 2. The monoisotopic (exact) mass is 366 g/mol. The van der Waals surface area contributed by atoms with Crippen LogP contribution in [-0.2, 0) is 4.79 Å². The summed E-state index contributed by atoms with van der Waals surface area (Å²) in [6.45, 7) is 6.17. The van der Waals surface area contributed by atoms with Crippen LogP contribution in [0.3, 0.4) is 0 Å². The molecule has 0 unspecified atom stereocenters. The number of methoxy groups -OCH3 is 2. The van der Waals surface area contributed by atoms with E-state index in [-0.39, 0.29) is 11.2 Å². The Kier molecular flexibility index (Phi) is 8.41. The van der Waals surface area contributed by atoms with Crippen molar-refractivity contribution in [2.45, 2.75) is 42.8 Å². The smallest absolute Gasteiger partial charge is 0.233 e. The highest BCUT2D eigenvalue weighted by atomic mass is 32.2. The highest BCUT2D eigenvalue weighted by Gasteiger charge is 2.16. The second kappa shape index (κ2) is 10.6. The molecule has 1 heterocycles. The summed E-state index contributed by atoms with van der Waals surface area (Å²) in [6, 6.07) is 5.72. The number of hydrogen-bond donors (Lipinski definition) is 1. The summed E-state index contributed by atoms with van der Waals surface area (Å²) in [7, 11) is 3.23. The van der Waals surface area contributed by atoms with Crippen molar-refractivity contribution < 1.29 is 14.3 Å². The van der Waals surface area contributed by atoms with Crippen LogP contribution in [0.15, 0.2) is 23.1 Å². The number of nitrogens with one attached hydrogen (secondary N) is 1. The van der Waals surface area contributed by atoms with Crippen molar-refractivity contribution >= 4 is 17.7 Å². The van der Waals surface area contributed by atoms with Gasteiger partial charge in [0.15, 0.2) is 11.5 Å². The zero-order chi connectivity index (χ0) is 18.1. The molecule has 140 valence electrons. The van der Waals surface area contributed by atoms with Gasteiger partial charge in [-0.1, -0.05) is 6.42 Å². The molecule has 1 saturated heterocycles. The van der Waals surface area contributed by atoms with E-state index in [1.54, 1.807) is 14.2 Å². The van der Waals surface area contributed by atoms with E-state index in [4.69, 9.17) is 9.47 Å². The Morgan fingerprint density at radius 3 is 2.60 bits per heavy atom. The van der Waals surface area contributed by atoms with Crippen LogP contribution in [0.25, 0.3) is 0 Å². The number of carbonyl (C=O) groups excluding carboxylic acids is 1. The first-order chi connectivity index (χ1) is 12.1. The van der Waals surface area contributed by atoms with Crippen LogP contribution in [0.4, 0.5) is 0 Å². The maximum Gasteiger partial charge on any atom is 0.233 e. The molecule has 1 N–H and O–H groups in total. The van der Waals surface area contributed by atoms with Gasteiger partial charge in [0.2, 0.25) is 5.91 Å². The maximum atomic E-state index is 12.3. The van der Waals surface area contributed by atoms with E-state index in [1.807, 2.05) is 25.1 Å². The molecule has 0 saturated carbocycles. The van der Waals surface area contributed by atoms with E-state index in [0.29, 0.717) is 11.5 Å². The summed E-state index contributed by atoms with van der Waals surface area (Å²) in [6.07, 6.45) is 4.99. The average molecular weight is 367 g/mol. The molecular formula is C19H30N2O3S. The molecule has 5 nitrogen and oxygen atoms in total. The summed E-state index contributed by atoms with van der Waals surface area (Å²) in [5.74, 6) is 1.46. The lowest BCUT2D eigenvalue weighted by Crippen LogP contribution is -2.35. The summed E-state index contributed by atoms with van der Waals surface area (Å²) in [5.41, 5.74) is 0. The number of amides is 1. The lowest BCUT2D eigenvalue weighted by molar-refractivity contribution is -0.120. The number of nitrogens with zero attached hydrogens (tertiary/aromatic N) is 1. The highest BCUT2D eigenvalue weighted by molar-refractivity contribution is 8.00. The van der Waals surface area contributed by atoms with E-state index >= 15 is 0 Å². The van der Waals surface area contributed by atoms with Crippen LogP contribution in [0.5, 0.6) is 11.5 Å². The third-order valence-electron chi connectivity index (χ3n) is 4.44. The molecule has 1 aromatic rings. The minimum absolute atomic E-state index is 0.0819. The Morgan fingerprint density at radius 1 is 1.20 bits per heavy atom. The first-order valence-corrected chi connectivity index (χ1v) is 9.90. The van der Waals surface area contributed by atoms with Crippen molar-refractivity contribution in [1.82, 2.24) is 10.2 Å². The summed E-state index contributed by atoms with van der Waals surface area (Å²) in [5, 5.41) is 2.91. The quantitative estimate of drug-likeness (QED) is 0.537. The van der Waals surface area contributed by atoms with Gasteiger partial charge in [0.1, 0.15) is 0 Å². The first-order valence-electron chi connectivity index (χ1n) is 9.02. The minimum Gasteiger partial charge on any atom is -0.493 e. The molecule has 1 aliphatic rings. The van der Waals surface area contributed by atoms with Gasteiger partial charge < -0.3 is 19.7 Å². The number of hydrogen-bond acceptors (Lipinski definition) is 5. The lowest BCUT2D eigenvalue weighted by atomic mass is 10.1. The fourth-order valence-corrected chi connectivity index (χ4v) is 3.91. The number of benzene rings is 1. The van der Waals surface area contributed by atoms with Gasteiger partial charge in [0, 0.05) is 11.4 Å². The van der Waals surface area contributed by atoms with Gasteiger partial charge in [-0.2, -0.15) is 0 Å². The molecule has 1 amide bonds. The molecule has 0 aliphatic carbocycles. The first kappa shape index (κ1) is 19.9. The Bertz CT molecular complexity index is 547. The number of carbonyl (C=O) groups is 1. The zero-order valence-electron chi connectivity index (χ0n) is 15.5. The third kappa shape index (κ3) is 6.44. The molecule has 0 spiro atoms. The average Bonchev–Trinajstić information content (AvgIpc) is 2.65. The number of rotatable bonds is 9.